The van der Waals surface area contributed by atoms with Crippen molar-refractivity contribution in [3.05, 3.63) is 35.4 Å². The van der Waals surface area contributed by atoms with Crippen LogP contribution in [0.2, 0.25) is 0 Å². The maximum absolute atomic E-state index is 10.9. The molecule has 32 heavy (non-hydrogen) atoms. The normalized spacial score (nSPS) is 26.7. The van der Waals surface area contributed by atoms with Gasteiger partial charge in [0, 0.05) is 22.2 Å². The number of fused-ring (bicyclic) bond motifs is 5. The molecule has 4 N–H and O–H groups in total. The third kappa shape index (κ3) is 3.15. The van der Waals surface area contributed by atoms with Crippen molar-refractivity contribution in [2.75, 3.05) is 6.54 Å². The van der Waals surface area contributed by atoms with Crippen molar-refractivity contribution in [3.8, 4) is 11.5 Å². The zero-order chi connectivity index (χ0) is 22.7. The van der Waals surface area contributed by atoms with E-state index in [1.54, 1.807) is 6.07 Å². The number of phenolic OH excluding ortho intramolecular Hbond substituents is 2. The number of H-pyrrole nitrogens is 1. The van der Waals surface area contributed by atoms with Crippen LogP contribution >= 0.6 is 0 Å². The molecule has 3 aliphatic rings. The van der Waals surface area contributed by atoms with Gasteiger partial charge in [0.1, 0.15) is 11.5 Å². The van der Waals surface area contributed by atoms with Gasteiger partial charge in [-0.15, -0.1) is 0 Å². The lowest BCUT2D eigenvalue weighted by molar-refractivity contribution is -0.156. The van der Waals surface area contributed by atoms with E-state index >= 15 is 0 Å². The average Bonchev–Trinajstić information content (AvgIpc) is 3.17. The number of carbonyl (C=O) groups excluding carboxylic acids is 1. The highest BCUT2D eigenvalue weighted by atomic mass is 19.4. The molecule has 0 radical (unpaired) electrons. The lowest BCUT2D eigenvalue weighted by Gasteiger charge is -2.56. The lowest BCUT2D eigenvalue weighted by atomic mass is 9.52. The summed E-state index contributed by atoms with van der Waals surface area (Å²) in [7, 11) is 0. The second kappa shape index (κ2) is 7.40. The number of piperidine rings is 1. The van der Waals surface area contributed by atoms with E-state index in [9.17, 15) is 23.4 Å². The zero-order valence-electron chi connectivity index (χ0n) is 17.4. The van der Waals surface area contributed by atoms with Crippen LogP contribution in [0.5, 0.6) is 11.5 Å². The number of halogens is 3. The van der Waals surface area contributed by atoms with Crippen molar-refractivity contribution >= 4 is 28.1 Å². The van der Waals surface area contributed by atoms with Gasteiger partial charge in [0.05, 0.1) is 11.0 Å². The maximum Gasteiger partial charge on any atom is 0.446 e. The quantitative estimate of drug-likeness (QED) is 0.373. The fourth-order valence-electron chi connectivity index (χ4n) is 6.48. The number of para-hydroxylation sites is 1. The molecule has 1 aliphatic heterocycles. The first-order chi connectivity index (χ1) is 15.2. The molecule has 3 atom stereocenters. The number of aldehydes is 1. The summed E-state index contributed by atoms with van der Waals surface area (Å²) in [5, 5.41) is 27.1. The molecule has 2 fully saturated rings. The standard InChI is InChI=1S/C22H24N2O2.C2HF3O/c25-17-6-3-4-12-19-13-10-16-14-5-1-2-7-22(14,8-9-23-16)15(13)11-18(26)21(19)24-20(12)17;3-2(4,5)1-6/h3-4,6,11,14,16,23-26H,1-2,5,7-10H2;1H/t14-,16+,22+;/m1./s1. The number of rotatable bonds is 0. The van der Waals surface area contributed by atoms with Crippen LogP contribution in [0.1, 0.15) is 43.2 Å². The summed E-state index contributed by atoms with van der Waals surface area (Å²) in [5.41, 5.74) is 4.48. The Hall–Kier alpha value is -2.74. The Labute approximate surface area is 182 Å². The first kappa shape index (κ1) is 21.1. The molecule has 8 heteroatoms. The highest BCUT2D eigenvalue weighted by molar-refractivity contribution is 6.13. The molecular formula is C24H25F3N2O3. The third-order valence-electron chi connectivity index (χ3n) is 7.63. The number of aromatic hydroxyl groups is 2. The molecule has 2 aromatic carbocycles. The minimum absolute atomic E-state index is 0.216. The first-order valence-corrected chi connectivity index (χ1v) is 11.0. The predicted molar refractivity (Wildman–Crippen MR) is 115 cm³/mol. The van der Waals surface area contributed by atoms with E-state index in [2.05, 4.69) is 16.4 Å². The van der Waals surface area contributed by atoms with Crippen LogP contribution in [0.15, 0.2) is 24.3 Å². The van der Waals surface area contributed by atoms with Crippen LogP contribution in [-0.2, 0) is 16.6 Å². The maximum atomic E-state index is 10.9. The molecule has 0 unspecified atom stereocenters. The zero-order valence-corrected chi connectivity index (χ0v) is 17.4. The van der Waals surface area contributed by atoms with Crippen LogP contribution in [0.3, 0.4) is 0 Å². The first-order valence-electron chi connectivity index (χ1n) is 11.0. The Morgan fingerprint density at radius 3 is 2.62 bits per heavy atom. The fraction of sp³-hybridized carbons (Fsp3) is 0.458. The van der Waals surface area contributed by atoms with E-state index in [0.717, 1.165) is 34.8 Å². The molecule has 1 aromatic heterocycles. The second-order valence-corrected chi connectivity index (χ2v) is 9.18. The number of aromatic nitrogens is 1. The van der Waals surface area contributed by atoms with Crippen LogP contribution in [0, 0.1) is 5.92 Å². The largest absolute Gasteiger partial charge is 0.506 e. The Morgan fingerprint density at radius 1 is 1.09 bits per heavy atom. The third-order valence-corrected chi connectivity index (χ3v) is 7.63. The number of alkyl halides is 3. The Morgan fingerprint density at radius 2 is 1.88 bits per heavy atom. The molecule has 3 aromatic rings. The molecule has 2 heterocycles. The number of carbonyl (C=O) groups is 1. The minimum Gasteiger partial charge on any atom is -0.506 e. The van der Waals surface area contributed by atoms with Gasteiger partial charge in [0.25, 0.3) is 0 Å². The summed E-state index contributed by atoms with van der Waals surface area (Å²) in [6.07, 6.45) is 1.63. The van der Waals surface area contributed by atoms with Gasteiger partial charge in [-0.3, -0.25) is 4.79 Å². The van der Waals surface area contributed by atoms with Gasteiger partial charge in [0.15, 0.2) is 0 Å². The van der Waals surface area contributed by atoms with Crippen molar-refractivity contribution in [1.29, 1.82) is 0 Å². The number of hydrogen-bond acceptors (Lipinski definition) is 4. The van der Waals surface area contributed by atoms with E-state index in [1.165, 1.54) is 43.2 Å². The van der Waals surface area contributed by atoms with Crippen LogP contribution in [0.4, 0.5) is 13.2 Å². The lowest BCUT2D eigenvalue weighted by Crippen LogP contribution is -2.59. The monoisotopic (exact) mass is 446 g/mol. The molecule has 1 saturated heterocycles. The summed E-state index contributed by atoms with van der Waals surface area (Å²) in [4.78, 5) is 12.0. The number of nitrogens with one attached hydrogen (secondary N) is 2. The number of aromatic amines is 1. The van der Waals surface area contributed by atoms with Gasteiger partial charge < -0.3 is 20.5 Å². The van der Waals surface area contributed by atoms with Gasteiger partial charge in [-0.05, 0) is 61.4 Å². The second-order valence-electron chi connectivity index (χ2n) is 9.18. The summed E-state index contributed by atoms with van der Waals surface area (Å²) in [6, 6.07) is 8.23. The SMILES string of the molecule is O=CC(F)(F)F.Oc1cccc2c1[nH]c1c(O)cc3c(c12)C[C@@H]1NCC[C@]32CCCC[C@H]12. The number of phenols is 2. The fourth-order valence-corrected chi connectivity index (χ4v) is 6.48. The van der Waals surface area contributed by atoms with Gasteiger partial charge >= 0.3 is 6.18 Å². The van der Waals surface area contributed by atoms with Crippen molar-refractivity contribution < 1.29 is 28.2 Å². The molecule has 0 amide bonds. The smallest absolute Gasteiger partial charge is 0.446 e. The molecule has 0 spiro atoms. The molecule has 170 valence electrons. The van der Waals surface area contributed by atoms with E-state index in [1.807, 2.05) is 12.1 Å². The summed E-state index contributed by atoms with van der Waals surface area (Å²) in [6.45, 7) is 1.08. The summed E-state index contributed by atoms with van der Waals surface area (Å²) in [5.74, 6) is 1.26. The number of benzene rings is 2. The molecule has 5 nitrogen and oxygen atoms in total. The Bertz CT molecular complexity index is 1200. The molecular weight excluding hydrogens is 421 g/mol. The van der Waals surface area contributed by atoms with E-state index in [0.29, 0.717) is 17.7 Å². The van der Waals surface area contributed by atoms with Crippen LogP contribution in [0.25, 0.3) is 21.8 Å². The van der Waals surface area contributed by atoms with Gasteiger partial charge in [-0.25, -0.2) is 0 Å². The van der Waals surface area contributed by atoms with Gasteiger partial charge in [0.2, 0.25) is 6.29 Å². The van der Waals surface area contributed by atoms with Crippen LogP contribution in [-0.4, -0.2) is 40.2 Å². The van der Waals surface area contributed by atoms with Crippen molar-refractivity contribution in [3.63, 3.8) is 0 Å². The Balaban J connectivity index is 0.000000322. The number of hydrogen-bond donors (Lipinski definition) is 4. The van der Waals surface area contributed by atoms with E-state index in [4.69, 9.17) is 4.79 Å². The summed E-state index contributed by atoms with van der Waals surface area (Å²) < 4.78 is 31.2. The van der Waals surface area contributed by atoms with E-state index in [-0.39, 0.29) is 11.2 Å². The van der Waals surface area contributed by atoms with Crippen molar-refractivity contribution in [1.82, 2.24) is 10.3 Å². The summed E-state index contributed by atoms with van der Waals surface area (Å²) >= 11 is 0. The Kier molecular flexibility index (Phi) is 4.89. The van der Waals surface area contributed by atoms with Crippen LogP contribution < -0.4 is 5.32 Å². The molecule has 6 rings (SSSR count). The van der Waals surface area contributed by atoms with E-state index < -0.39 is 12.5 Å². The van der Waals surface area contributed by atoms with Gasteiger partial charge in [-0.1, -0.05) is 25.0 Å². The highest BCUT2D eigenvalue weighted by Gasteiger charge is 2.52. The topological polar surface area (TPSA) is 85.3 Å². The van der Waals surface area contributed by atoms with Crippen molar-refractivity contribution in [2.24, 2.45) is 5.92 Å². The predicted octanol–water partition coefficient (Wildman–Crippen LogP) is 4.83. The molecule has 2 aliphatic carbocycles. The van der Waals surface area contributed by atoms with Gasteiger partial charge in [-0.2, -0.15) is 13.2 Å². The molecule has 2 bridgehead atoms. The average molecular weight is 446 g/mol. The minimum atomic E-state index is -4.64. The van der Waals surface area contributed by atoms with Crippen molar-refractivity contribution in [2.45, 2.75) is 56.2 Å². The highest BCUT2D eigenvalue weighted by Crippen LogP contribution is 2.56. The molecule has 1 saturated carbocycles.